The highest BCUT2D eigenvalue weighted by atomic mass is 16.6. The fourth-order valence-corrected chi connectivity index (χ4v) is 1.46. The van der Waals surface area contributed by atoms with Crippen molar-refractivity contribution in [3.05, 3.63) is 42.1 Å². The maximum absolute atomic E-state index is 11.8. The fourth-order valence-electron chi connectivity index (χ4n) is 1.46. The fraction of sp³-hybridized carbons (Fsp3) is 0.286. The van der Waals surface area contributed by atoms with Gasteiger partial charge in [-0.25, -0.2) is 14.5 Å². The summed E-state index contributed by atoms with van der Waals surface area (Å²) in [7, 11) is 0. The molecule has 0 bridgehead atoms. The van der Waals surface area contributed by atoms with Gasteiger partial charge in [-0.2, -0.15) is 0 Å². The Kier molecular flexibility index (Phi) is 6.84. The molecule has 0 aliphatic heterocycles. The summed E-state index contributed by atoms with van der Waals surface area (Å²) in [6, 6.07) is 8.90. The molecular formula is C14H19N3O3. The van der Waals surface area contributed by atoms with Crippen molar-refractivity contribution in [2.24, 2.45) is 5.73 Å². The average molecular weight is 277 g/mol. The van der Waals surface area contributed by atoms with Crippen molar-refractivity contribution in [3.8, 4) is 0 Å². The number of hydrogen-bond acceptors (Lipinski definition) is 4. The van der Waals surface area contributed by atoms with Gasteiger partial charge in [0.1, 0.15) is 0 Å². The lowest BCUT2D eigenvalue weighted by Gasteiger charge is -2.18. The summed E-state index contributed by atoms with van der Waals surface area (Å²) in [6.45, 7) is 2.15. The number of rotatable bonds is 5. The summed E-state index contributed by atoms with van der Waals surface area (Å²) in [5.41, 5.74) is 6.31. The summed E-state index contributed by atoms with van der Waals surface area (Å²) >= 11 is 0. The molecule has 6 heteroatoms. The standard InChI is InChI=1S/C14H19N3O3/c1-2-20-14(19)17(11-9-15)13(18)16-10-8-12-6-4-3-5-7-12/h3-8,10H,2,9,11,15H2,1H3,(H,16,18)/b10-8+. The molecule has 0 saturated carbocycles. The lowest BCUT2D eigenvalue weighted by Crippen LogP contribution is -2.44. The third-order valence-electron chi connectivity index (χ3n) is 2.37. The lowest BCUT2D eigenvalue weighted by molar-refractivity contribution is 0.116. The molecule has 1 aromatic carbocycles. The maximum Gasteiger partial charge on any atom is 0.418 e. The first kappa shape index (κ1) is 15.7. The number of nitrogens with zero attached hydrogens (tertiary/aromatic N) is 1. The van der Waals surface area contributed by atoms with Crippen LogP contribution in [0, 0.1) is 0 Å². The summed E-state index contributed by atoms with van der Waals surface area (Å²) in [4.78, 5) is 24.3. The Bertz CT molecular complexity index is 460. The number of amides is 3. The summed E-state index contributed by atoms with van der Waals surface area (Å²) in [5, 5.41) is 2.51. The van der Waals surface area contributed by atoms with Crippen molar-refractivity contribution in [2.75, 3.05) is 19.7 Å². The van der Waals surface area contributed by atoms with E-state index in [4.69, 9.17) is 10.5 Å². The zero-order valence-corrected chi connectivity index (χ0v) is 11.4. The van der Waals surface area contributed by atoms with Crippen molar-refractivity contribution < 1.29 is 14.3 Å². The number of nitrogens with two attached hydrogens (primary N) is 1. The van der Waals surface area contributed by atoms with E-state index in [1.54, 1.807) is 13.0 Å². The van der Waals surface area contributed by atoms with Crippen LogP contribution in [0.5, 0.6) is 0 Å². The molecule has 0 aliphatic carbocycles. The van der Waals surface area contributed by atoms with E-state index in [-0.39, 0.29) is 19.7 Å². The summed E-state index contributed by atoms with van der Waals surface area (Å²) in [6.07, 6.45) is 2.49. The number of hydrogen-bond donors (Lipinski definition) is 2. The van der Waals surface area contributed by atoms with E-state index < -0.39 is 12.1 Å². The van der Waals surface area contributed by atoms with Crippen LogP contribution in [0.1, 0.15) is 12.5 Å². The van der Waals surface area contributed by atoms with Crippen LogP contribution in [0.15, 0.2) is 36.5 Å². The minimum absolute atomic E-state index is 0.101. The van der Waals surface area contributed by atoms with E-state index in [2.05, 4.69) is 5.32 Å². The van der Waals surface area contributed by atoms with E-state index in [0.717, 1.165) is 10.5 Å². The van der Waals surface area contributed by atoms with Crippen molar-refractivity contribution in [1.82, 2.24) is 10.2 Å². The smallest absolute Gasteiger partial charge is 0.418 e. The lowest BCUT2D eigenvalue weighted by atomic mass is 10.2. The van der Waals surface area contributed by atoms with E-state index in [1.807, 2.05) is 30.3 Å². The SMILES string of the molecule is CCOC(=O)N(CCN)C(=O)N/C=C/c1ccccc1. The largest absolute Gasteiger partial charge is 0.449 e. The van der Waals surface area contributed by atoms with Gasteiger partial charge >= 0.3 is 12.1 Å². The van der Waals surface area contributed by atoms with Gasteiger partial charge in [0.25, 0.3) is 0 Å². The van der Waals surface area contributed by atoms with Gasteiger partial charge in [0.2, 0.25) is 0 Å². The highest BCUT2D eigenvalue weighted by Gasteiger charge is 2.20. The Morgan fingerprint density at radius 3 is 2.65 bits per heavy atom. The minimum atomic E-state index is -0.705. The van der Waals surface area contributed by atoms with Crippen LogP contribution in [0.25, 0.3) is 6.08 Å². The van der Waals surface area contributed by atoms with Crippen LogP contribution < -0.4 is 11.1 Å². The average Bonchev–Trinajstić information content (AvgIpc) is 2.46. The first-order chi connectivity index (χ1) is 9.69. The van der Waals surface area contributed by atoms with E-state index in [1.165, 1.54) is 6.20 Å². The molecule has 6 nitrogen and oxygen atoms in total. The molecule has 0 spiro atoms. The quantitative estimate of drug-likeness (QED) is 0.859. The number of carbonyl (C=O) groups is 2. The maximum atomic E-state index is 11.8. The van der Waals surface area contributed by atoms with Crippen LogP contribution in [-0.4, -0.2) is 36.7 Å². The second-order valence-corrected chi connectivity index (χ2v) is 3.83. The second kappa shape index (κ2) is 8.71. The zero-order valence-electron chi connectivity index (χ0n) is 11.4. The number of urea groups is 1. The Morgan fingerprint density at radius 1 is 1.35 bits per heavy atom. The number of benzene rings is 1. The topological polar surface area (TPSA) is 84.7 Å². The molecule has 20 heavy (non-hydrogen) atoms. The molecule has 0 heterocycles. The molecule has 3 amide bonds. The van der Waals surface area contributed by atoms with Gasteiger partial charge in [-0.1, -0.05) is 30.3 Å². The predicted octanol–water partition coefficient (Wildman–Crippen LogP) is 1.78. The minimum Gasteiger partial charge on any atom is -0.449 e. The van der Waals surface area contributed by atoms with Crippen LogP contribution in [0.4, 0.5) is 9.59 Å². The van der Waals surface area contributed by atoms with Crippen LogP contribution >= 0.6 is 0 Å². The molecule has 108 valence electrons. The molecule has 0 saturated heterocycles. The Balaban J connectivity index is 2.58. The Labute approximate surface area is 118 Å². The van der Waals surface area contributed by atoms with Gasteiger partial charge in [0.05, 0.1) is 6.61 Å². The normalized spacial score (nSPS) is 10.3. The van der Waals surface area contributed by atoms with Gasteiger partial charge in [-0.15, -0.1) is 0 Å². The van der Waals surface area contributed by atoms with Crippen molar-refractivity contribution in [1.29, 1.82) is 0 Å². The molecule has 1 aromatic rings. The highest BCUT2D eigenvalue weighted by molar-refractivity contribution is 5.91. The zero-order chi connectivity index (χ0) is 14.8. The second-order valence-electron chi connectivity index (χ2n) is 3.83. The molecule has 0 aromatic heterocycles. The van der Waals surface area contributed by atoms with Crippen molar-refractivity contribution >= 4 is 18.2 Å². The molecule has 0 aliphatic rings. The Hall–Kier alpha value is -2.34. The summed E-state index contributed by atoms with van der Waals surface area (Å²) < 4.78 is 4.79. The molecule has 0 fully saturated rings. The third-order valence-corrected chi connectivity index (χ3v) is 2.37. The van der Waals surface area contributed by atoms with Gasteiger partial charge in [0, 0.05) is 19.3 Å². The van der Waals surface area contributed by atoms with Crippen LogP contribution in [0.3, 0.4) is 0 Å². The number of imide groups is 1. The predicted molar refractivity (Wildman–Crippen MR) is 76.8 cm³/mol. The van der Waals surface area contributed by atoms with Crippen LogP contribution in [-0.2, 0) is 4.74 Å². The molecule has 0 radical (unpaired) electrons. The molecule has 1 rings (SSSR count). The van der Waals surface area contributed by atoms with Gasteiger partial charge in [0.15, 0.2) is 0 Å². The third kappa shape index (κ3) is 5.11. The van der Waals surface area contributed by atoms with E-state index in [9.17, 15) is 9.59 Å². The van der Waals surface area contributed by atoms with Gasteiger partial charge in [-0.3, -0.25) is 0 Å². The number of carbonyl (C=O) groups excluding carboxylic acids is 2. The molecule has 0 atom stereocenters. The monoisotopic (exact) mass is 277 g/mol. The first-order valence-electron chi connectivity index (χ1n) is 6.35. The molecular weight excluding hydrogens is 258 g/mol. The molecule has 0 unspecified atom stereocenters. The van der Waals surface area contributed by atoms with E-state index >= 15 is 0 Å². The Morgan fingerprint density at radius 2 is 2.05 bits per heavy atom. The highest BCUT2D eigenvalue weighted by Crippen LogP contribution is 2.00. The van der Waals surface area contributed by atoms with Gasteiger partial charge in [-0.05, 0) is 18.6 Å². The number of ether oxygens (including phenoxy) is 1. The molecule has 3 N–H and O–H groups in total. The van der Waals surface area contributed by atoms with Crippen molar-refractivity contribution in [3.63, 3.8) is 0 Å². The van der Waals surface area contributed by atoms with Crippen LogP contribution in [0.2, 0.25) is 0 Å². The summed E-state index contributed by atoms with van der Waals surface area (Å²) in [5.74, 6) is 0. The number of nitrogens with one attached hydrogen (secondary N) is 1. The van der Waals surface area contributed by atoms with Gasteiger partial charge < -0.3 is 15.8 Å². The van der Waals surface area contributed by atoms with Crippen molar-refractivity contribution in [2.45, 2.75) is 6.92 Å². The first-order valence-corrected chi connectivity index (χ1v) is 6.35. The van der Waals surface area contributed by atoms with E-state index in [0.29, 0.717) is 0 Å².